The van der Waals surface area contributed by atoms with Crippen molar-refractivity contribution in [3.8, 4) is 22.8 Å². The second kappa shape index (κ2) is 8.02. The van der Waals surface area contributed by atoms with Crippen molar-refractivity contribution in [3.63, 3.8) is 0 Å². The fourth-order valence-electron chi connectivity index (χ4n) is 3.44. The first-order valence-electron chi connectivity index (χ1n) is 9.76. The molecule has 1 N–H and O–H groups in total. The van der Waals surface area contributed by atoms with Crippen LogP contribution >= 0.6 is 0 Å². The Bertz CT molecular complexity index is 1130. The summed E-state index contributed by atoms with van der Waals surface area (Å²) in [5.41, 5.74) is 2.62. The molecule has 2 amide bonds. The van der Waals surface area contributed by atoms with Crippen molar-refractivity contribution < 1.29 is 19.1 Å². The van der Waals surface area contributed by atoms with Gasteiger partial charge in [-0.3, -0.25) is 9.59 Å². The molecule has 0 spiro atoms. The number of benzene rings is 2. The van der Waals surface area contributed by atoms with E-state index < -0.39 is 6.04 Å². The van der Waals surface area contributed by atoms with E-state index >= 15 is 0 Å². The van der Waals surface area contributed by atoms with Gasteiger partial charge in [0.15, 0.2) is 11.5 Å². The Labute approximate surface area is 174 Å². The van der Waals surface area contributed by atoms with Crippen LogP contribution < -0.4 is 14.8 Å². The van der Waals surface area contributed by atoms with E-state index in [-0.39, 0.29) is 11.8 Å². The minimum Gasteiger partial charge on any atom is -0.486 e. The number of carbonyl (C=O) groups is 2. The highest BCUT2D eigenvalue weighted by atomic mass is 16.6. The first-order chi connectivity index (χ1) is 14.4. The molecule has 0 bridgehead atoms. The van der Waals surface area contributed by atoms with Gasteiger partial charge < -0.3 is 19.7 Å². The molecule has 0 fully saturated rings. The Kier molecular flexibility index (Phi) is 5.27. The lowest BCUT2D eigenvalue weighted by Gasteiger charge is -2.20. The van der Waals surface area contributed by atoms with Gasteiger partial charge in [0.2, 0.25) is 5.91 Å². The van der Waals surface area contributed by atoms with Crippen LogP contribution in [0.15, 0.2) is 48.5 Å². The zero-order valence-corrected chi connectivity index (χ0v) is 17.1. The number of pyridine rings is 1. The molecule has 0 radical (unpaired) electrons. The molecule has 1 aliphatic heterocycles. The SMILES string of the molecule is CC(NC(=O)c1cc(-c2ccc3c(c2)OCCO3)nc2ccccc12)C(=O)N(C)C. The number of fused-ring (bicyclic) bond motifs is 2. The first-order valence-corrected chi connectivity index (χ1v) is 9.76. The summed E-state index contributed by atoms with van der Waals surface area (Å²) >= 11 is 0. The predicted octanol–water partition coefficient (Wildman–Crippen LogP) is 2.88. The standard InChI is InChI=1S/C23H23N3O4/c1-14(23(28)26(2)3)24-22(27)17-13-19(25-18-7-5-4-6-16(17)18)15-8-9-20-21(12-15)30-11-10-29-20/h4-9,12-14H,10-11H2,1-3H3,(H,24,27). The van der Waals surface area contributed by atoms with Gasteiger partial charge in [-0.15, -0.1) is 0 Å². The molecule has 1 aliphatic rings. The average molecular weight is 405 g/mol. The van der Waals surface area contributed by atoms with Gasteiger partial charge in [0, 0.05) is 25.0 Å². The molecule has 2 heterocycles. The second-order valence-corrected chi connectivity index (χ2v) is 7.36. The number of amides is 2. The quantitative estimate of drug-likeness (QED) is 0.722. The molecule has 30 heavy (non-hydrogen) atoms. The molecular formula is C23H23N3O4. The van der Waals surface area contributed by atoms with Crippen molar-refractivity contribution in [3.05, 3.63) is 54.1 Å². The third-order valence-electron chi connectivity index (χ3n) is 4.96. The summed E-state index contributed by atoms with van der Waals surface area (Å²) in [6, 6.07) is 14.2. The van der Waals surface area contributed by atoms with Gasteiger partial charge in [0.25, 0.3) is 5.91 Å². The molecule has 0 saturated carbocycles. The third-order valence-corrected chi connectivity index (χ3v) is 4.96. The number of ether oxygens (including phenoxy) is 2. The van der Waals surface area contributed by atoms with Gasteiger partial charge in [0.1, 0.15) is 19.3 Å². The maximum atomic E-state index is 13.1. The van der Waals surface area contributed by atoms with Crippen molar-refractivity contribution in [1.29, 1.82) is 0 Å². The third kappa shape index (κ3) is 3.78. The number of hydrogen-bond donors (Lipinski definition) is 1. The molecule has 154 valence electrons. The van der Waals surface area contributed by atoms with E-state index in [0.717, 1.165) is 10.9 Å². The Morgan fingerprint density at radius 3 is 2.53 bits per heavy atom. The van der Waals surface area contributed by atoms with Crippen molar-refractivity contribution in [2.45, 2.75) is 13.0 Å². The Morgan fingerprint density at radius 1 is 1.03 bits per heavy atom. The number of rotatable bonds is 4. The molecule has 0 aliphatic carbocycles. The van der Waals surface area contributed by atoms with Gasteiger partial charge in [-0.25, -0.2) is 4.98 Å². The van der Waals surface area contributed by atoms with Crippen LogP contribution in [0.25, 0.3) is 22.2 Å². The summed E-state index contributed by atoms with van der Waals surface area (Å²) < 4.78 is 11.3. The first kappa shape index (κ1) is 19.7. The molecule has 1 unspecified atom stereocenters. The van der Waals surface area contributed by atoms with E-state index in [1.165, 1.54) is 4.90 Å². The second-order valence-electron chi connectivity index (χ2n) is 7.36. The lowest BCUT2D eigenvalue weighted by Crippen LogP contribution is -2.44. The Balaban J connectivity index is 1.75. The Morgan fingerprint density at radius 2 is 1.77 bits per heavy atom. The fraction of sp³-hybridized carbons (Fsp3) is 0.261. The topological polar surface area (TPSA) is 80.8 Å². The van der Waals surface area contributed by atoms with Gasteiger partial charge in [-0.2, -0.15) is 0 Å². The number of para-hydroxylation sites is 1. The Hall–Kier alpha value is -3.61. The average Bonchev–Trinajstić information content (AvgIpc) is 2.77. The van der Waals surface area contributed by atoms with E-state index in [1.807, 2.05) is 42.5 Å². The summed E-state index contributed by atoms with van der Waals surface area (Å²) in [5, 5.41) is 3.52. The van der Waals surface area contributed by atoms with Crippen LogP contribution in [0.4, 0.5) is 0 Å². The fourth-order valence-corrected chi connectivity index (χ4v) is 3.44. The van der Waals surface area contributed by atoms with Crippen LogP contribution in [0.1, 0.15) is 17.3 Å². The van der Waals surface area contributed by atoms with Crippen molar-refractivity contribution in [2.24, 2.45) is 0 Å². The highest BCUT2D eigenvalue weighted by Crippen LogP contribution is 2.35. The maximum absolute atomic E-state index is 13.1. The highest BCUT2D eigenvalue weighted by Gasteiger charge is 2.21. The van der Waals surface area contributed by atoms with Crippen LogP contribution in [0.5, 0.6) is 11.5 Å². The van der Waals surface area contributed by atoms with E-state index in [1.54, 1.807) is 27.1 Å². The zero-order valence-electron chi connectivity index (χ0n) is 17.1. The summed E-state index contributed by atoms with van der Waals surface area (Å²) in [6.45, 7) is 2.69. The van der Waals surface area contributed by atoms with E-state index in [4.69, 9.17) is 14.5 Å². The monoisotopic (exact) mass is 405 g/mol. The summed E-state index contributed by atoms with van der Waals surface area (Å²) in [4.78, 5) is 31.4. The van der Waals surface area contributed by atoms with Crippen LogP contribution in [-0.4, -0.2) is 55.0 Å². The van der Waals surface area contributed by atoms with Gasteiger partial charge in [0.05, 0.1) is 16.8 Å². The van der Waals surface area contributed by atoms with E-state index in [0.29, 0.717) is 41.5 Å². The maximum Gasteiger partial charge on any atom is 0.252 e. The minimum atomic E-state index is -0.642. The highest BCUT2D eigenvalue weighted by molar-refractivity contribution is 6.08. The van der Waals surface area contributed by atoms with Crippen molar-refractivity contribution in [2.75, 3.05) is 27.3 Å². The number of likely N-dealkylation sites (N-methyl/N-ethyl adjacent to an activating group) is 1. The van der Waals surface area contributed by atoms with Crippen LogP contribution in [-0.2, 0) is 4.79 Å². The van der Waals surface area contributed by atoms with Crippen LogP contribution in [0, 0.1) is 0 Å². The lowest BCUT2D eigenvalue weighted by atomic mass is 10.0. The van der Waals surface area contributed by atoms with Crippen LogP contribution in [0.3, 0.4) is 0 Å². The summed E-state index contributed by atoms with van der Waals surface area (Å²) in [7, 11) is 3.32. The summed E-state index contributed by atoms with van der Waals surface area (Å²) in [6.07, 6.45) is 0. The number of nitrogens with one attached hydrogen (secondary N) is 1. The molecule has 1 aromatic heterocycles. The molecule has 7 nitrogen and oxygen atoms in total. The molecule has 0 saturated heterocycles. The van der Waals surface area contributed by atoms with Gasteiger partial charge in [-0.1, -0.05) is 18.2 Å². The zero-order chi connectivity index (χ0) is 21.3. The van der Waals surface area contributed by atoms with Gasteiger partial charge in [-0.05, 0) is 37.3 Å². The van der Waals surface area contributed by atoms with Gasteiger partial charge >= 0.3 is 0 Å². The van der Waals surface area contributed by atoms with Crippen molar-refractivity contribution in [1.82, 2.24) is 15.2 Å². The molecular weight excluding hydrogens is 382 g/mol. The minimum absolute atomic E-state index is 0.172. The lowest BCUT2D eigenvalue weighted by molar-refractivity contribution is -0.130. The normalized spacial score (nSPS) is 13.6. The number of carbonyl (C=O) groups excluding carboxylic acids is 2. The van der Waals surface area contributed by atoms with E-state index in [9.17, 15) is 9.59 Å². The number of nitrogens with zero attached hydrogens (tertiary/aromatic N) is 2. The van der Waals surface area contributed by atoms with E-state index in [2.05, 4.69) is 5.32 Å². The largest absolute Gasteiger partial charge is 0.486 e. The molecule has 1 atom stereocenters. The molecule has 7 heteroatoms. The van der Waals surface area contributed by atoms with Crippen LogP contribution in [0.2, 0.25) is 0 Å². The van der Waals surface area contributed by atoms with Crippen molar-refractivity contribution >= 4 is 22.7 Å². The molecule has 3 aromatic rings. The smallest absolute Gasteiger partial charge is 0.252 e. The summed E-state index contributed by atoms with van der Waals surface area (Å²) in [5.74, 6) is 0.855. The molecule has 2 aromatic carbocycles. The number of aromatic nitrogens is 1. The predicted molar refractivity (Wildman–Crippen MR) is 114 cm³/mol. The number of hydrogen-bond acceptors (Lipinski definition) is 5. The molecule has 4 rings (SSSR count).